The van der Waals surface area contributed by atoms with E-state index in [1.807, 2.05) is 0 Å². The first kappa shape index (κ1) is 18.1. The Morgan fingerprint density at radius 3 is 2.72 bits per heavy atom. The van der Waals surface area contributed by atoms with Crippen LogP contribution in [0.1, 0.15) is 44.1 Å². The molecule has 3 rings (SSSR count). The smallest absolute Gasteiger partial charge is 0.264 e. The van der Waals surface area contributed by atoms with E-state index in [-0.39, 0.29) is 24.0 Å². The summed E-state index contributed by atoms with van der Waals surface area (Å²) < 4.78 is 13.3. The number of nitrogens with one attached hydrogen (secondary N) is 1. The van der Waals surface area contributed by atoms with Gasteiger partial charge in [0.05, 0.1) is 0 Å². The van der Waals surface area contributed by atoms with Crippen molar-refractivity contribution in [2.45, 2.75) is 56.7 Å². The van der Waals surface area contributed by atoms with Crippen LogP contribution in [0.4, 0.5) is 4.39 Å². The quantitative estimate of drug-likeness (QED) is 0.802. The van der Waals surface area contributed by atoms with Gasteiger partial charge in [-0.15, -0.1) is 0 Å². The minimum atomic E-state index is -2.03. The molecule has 1 aromatic carbocycles. The monoisotopic (exact) mass is 368 g/mol. The maximum absolute atomic E-state index is 13.3. The largest absolute Gasteiger partial charge is 0.372 e. The highest BCUT2D eigenvalue weighted by atomic mass is 35.5. The van der Waals surface area contributed by atoms with Gasteiger partial charge < -0.3 is 15.3 Å². The fraction of sp³-hybridized carbons (Fsp3) is 0.556. The van der Waals surface area contributed by atoms with E-state index in [1.165, 1.54) is 24.6 Å². The van der Waals surface area contributed by atoms with E-state index in [0.717, 1.165) is 25.7 Å². The lowest BCUT2D eigenvalue weighted by Gasteiger charge is -2.32. The van der Waals surface area contributed by atoms with Crippen molar-refractivity contribution in [2.75, 3.05) is 6.54 Å². The SMILES string of the molecule is O=C(NCc1cc(F)cc(Cl)c1)C1(O)CCN(C2CCCCC2)C1=O. The van der Waals surface area contributed by atoms with Crippen molar-refractivity contribution in [3.8, 4) is 0 Å². The van der Waals surface area contributed by atoms with Crippen LogP contribution in [-0.2, 0) is 16.1 Å². The number of rotatable bonds is 4. The summed E-state index contributed by atoms with van der Waals surface area (Å²) in [5.41, 5.74) is -1.56. The number of amides is 2. The average Bonchev–Trinajstić information content (AvgIpc) is 2.89. The summed E-state index contributed by atoms with van der Waals surface area (Å²) in [6.07, 6.45) is 5.23. The highest BCUT2D eigenvalue weighted by molar-refractivity contribution is 6.30. The van der Waals surface area contributed by atoms with Crippen molar-refractivity contribution in [1.29, 1.82) is 0 Å². The number of likely N-dealkylation sites (tertiary alicyclic amines) is 1. The third-order valence-corrected chi connectivity index (χ3v) is 5.31. The van der Waals surface area contributed by atoms with E-state index in [1.54, 1.807) is 4.90 Å². The molecule has 1 atom stereocenters. The van der Waals surface area contributed by atoms with E-state index >= 15 is 0 Å². The number of hydrogen-bond donors (Lipinski definition) is 2. The summed E-state index contributed by atoms with van der Waals surface area (Å²) >= 11 is 5.79. The van der Waals surface area contributed by atoms with Crippen LogP contribution in [-0.4, -0.2) is 40.0 Å². The van der Waals surface area contributed by atoms with Crippen LogP contribution in [0, 0.1) is 5.82 Å². The van der Waals surface area contributed by atoms with E-state index in [0.29, 0.717) is 12.1 Å². The van der Waals surface area contributed by atoms with Crippen LogP contribution in [0.2, 0.25) is 5.02 Å². The molecule has 1 unspecified atom stereocenters. The van der Waals surface area contributed by atoms with Gasteiger partial charge in [-0.3, -0.25) is 9.59 Å². The molecule has 0 aromatic heterocycles. The van der Waals surface area contributed by atoms with Gasteiger partial charge >= 0.3 is 0 Å². The van der Waals surface area contributed by atoms with Gasteiger partial charge in [-0.2, -0.15) is 0 Å². The molecule has 1 aromatic rings. The first-order chi connectivity index (χ1) is 11.9. The Kier molecular flexibility index (Phi) is 5.29. The Bertz CT molecular complexity index is 658. The molecule has 2 amide bonds. The van der Waals surface area contributed by atoms with Crippen LogP contribution in [0.5, 0.6) is 0 Å². The summed E-state index contributed by atoms with van der Waals surface area (Å²) in [6.45, 7) is 0.383. The predicted octanol–water partition coefficient (Wildman–Crippen LogP) is 2.39. The second kappa shape index (κ2) is 7.30. The number of carbonyl (C=O) groups excluding carboxylic acids is 2. The van der Waals surface area contributed by atoms with Gasteiger partial charge in [0.2, 0.25) is 5.60 Å². The third kappa shape index (κ3) is 3.80. The minimum absolute atomic E-state index is 0.00463. The fourth-order valence-electron chi connectivity index (χ4n) is 3.72. The number of aliphatic hydroxyl groups is 1. The molecule has 136 valence electrons. The summed E-state index contributed by atoms with van der Waals surface area (Å²) in [6, 6.07) is 4.06. The molecule has 1 aliphatic carbocycles. The maximum atomic E-state index is 13.3. The van der Waals surface area contributed by atoms with Crippen LogP contribution in [0.25, 0.3) is 0 Å². The molecule has 7 heteroatoms. The van der Waals surface area contributed by atoms with Gasteiger partial charge in [0.15, 0.2) is 0 Å². The normalized spacial score (nSPS) is 24.6. The molecule has 2 aliphatic rings. The molecular weight excluding hydrogens is 347 g/mol. The molecule has 0 bridgehead atoms. The van der Waals surface area contributed by atoms with Gasteiger partial charge in [0, 0.05) is 30.6 Å². The highest BCUT2D eigenvalue weighted by Gasteiger charge is 2.52. The molecule has 2 fully saturated rings. The molecule has 1 aliphatic heterocycles. The molecule has 1 heterocycles. The predicted molar refractivity (Wildman–Crippen MR) is 91.4 cm³/mol. The zero-order valence-electron chi connectivity index (χ0n) is 13.9. The molecule has 0 spiro atoms. The first-order valence-corrected chi connectivity index (χ1v) is 9.05. The molecule has 25 heavy (non-hydrogen) atoms. The summed E-state index contributed by atoms with van der Waals surface area (Å²) in [4.78, 5) is 26.7. The standard InChI is InChI=1S/C18H22ClFN2O3/c19-13-8-12(9-14(20)10-13)11-21-16(23)18(25)6-7-22(17(18)24)15-4-2-1-3-5-15/h8-10,15,25H,1-7,11H2,(H,21,23). The lowest BCUT2D eigenvalue weighted by molar-refractivity contribution is -0.155. The van der Waals surface area contributed by atoms with E-state index < -0.39 is 23.2 Å². The van der Waals surface area contributed by atoms with Crippen molar-refractivity contribution in [1.82, 2.24) is 10.2 Å². The molecule has 1 saturated heterocycles. The minimum Gasteiger partial charge on any atom is -0.372 e. The summed E-state index contributed by atoms with van der Waals surface area (Å²) in [7, 11) is 0. The molecule has 2 N–H and O–H groups in total. The Morgan fingerprint density at radius 1 is 1.32 bits per heavy atom. The fourth-order valence-corrected chi connectivity index (χ4v) is 3.97. The van der Waals surface area contributed by atoms with Gasteiger partial charge in [-0.05, 0) is 36.6 Å². The maximum Gasteiger partial charge on any atom is 0.264 e. The van der Waals surface area contributed by atoms with E-state index in [4.69, 9.17) is 11.6 Å². The molecule has 1 saturated carbocycles. The van der Waals surface area contributed by atoms with Crippen LogP contribution in [0.3, 0.4) is 0 Å². The third-order valence-electron chi connectivity index (χ3n) is 5.10. The first-order valence-electron chi connectivity index (χ1n) is 8.67. The number of carbonyl (C=O) groups is 2. The van der Waals surface area contributed by atoms with Crippen molar-refractivity contribution in [2.24, 2.45) is 0 Å². The average molecular weight is 369 g/mol. The van der Waals surface area contributed by atoms with Gasteiger partial charge in [0.1, 0.15) is 5.82 Å². The van der Waals surface area contributed by atoms with Gasteiger partial charge in [0.25, 0.3) is 11.8 Å². The topological polar surface area (TPSA) is 69.6 Å². The van der Waals surface area contributed by atoms with Gasteiger partial charge in [-0.25, -0.2) is 4.39 Å². The molecular formula is C18H22ClFN2O3. The zero-order valence-corrected chi connectivity index (χ0v) is 14.7. The Balaban J connectivity index is 1.63. The van der Waals surface area contributed by atoms with Crippen molar-refractivity contribution >= 4 is 23.4 Å². The Labute approximate surface area is 151 Å². The van der Waals surface area contributed by atoms with Crippen molar-refractivity contribution < 1.29 is 19.1 Å². The zero-order chi connectivity index (χ0) is 18.0. The number of benzene rings is 1. The summed E-state index contributed by atoms with van der Waals surface area (Å²) in [5.74, 6) is -1.76. The second-order valence-electron chi connectivity index (χ2n) is 6.86. The van der Waals surface area contributed by atoms with Crippen LogP contribution < -0.4 is 5.32 Å². The van der Waals surface area contributed by atoms with Crippen LogP contribution in [0.15, 0.2) is 18.2 Å². The molecule has 5 nitrogen and oxygen atoms in total. The number of hydrogen-bond acceptors (Lipinski definition) is 3. The lowest BCUT2D eigenvalue weighted by atomic mass is 9.94. The van der Waals surface area contributed by atoms with Crippen molar-refractivity contribution in [3.63, 3.8) is 0 Å². The lowest BCUT2D eigenvalue weighted by Crippen LogP contribution is -2.53. The van der Waals surface area contributed by atoms with E-state index in [2.05, 4.69) is 5.32 Å². The number of halogens is 2. The molecule has 0 radical (unpaired) electrons. The highest BCUT2D eigenvalue weighted by Crippen LogP contribution is 2.31. The Hall–Kier alpha value is -1.66. The summed E-state index contributed by atoms with van der Waals surface area (Å²) in [5, 5.41) is 13.4. The number of nitrogens with zero attached hydrogens (tertiary/aromatic N) is 1. The second-order valence-corrected chi connectivity index (χ2v) is 7.30. The Morgan fingerprint density at radius 2 is 2.04 bits per heavy atom. The van der Waals surface area contributed by atoms with Crippen molar-refractivity contribution in [3.05, 3.63) is 34.6 Å². The van der Waals surface area contributed by atoms with Crippen LogP contribution >= 0.6 is 11.6 Å². The van der Waals surface area contributed by atoms with Gasteiger partial charge in [-0.1, -0.05) is 30.9 Å². The van der Waals surface area contributed by atoms with E-state index in [9.17, 15) is 19.1 Å².